The molecule has 0 bridgehead atoms. The normalized spacial score (nSPS) is 10.7. The Hall–Kier alpha value is -1.44. The summed E-state index contributed by atoms with van der Waals surface area (Å²) in [7, 11) is 1.70. The Morgan fingerprint density at radius 2 is 2.35 bits per heavy atom. The second-order valence-electron chi connectivity index (χ2n) is 3.45. The third kappa shape index (κ3) is 4.14. The quantitative estimate of drug-likeness (QED) is 0.518. The van der Waals surface area contributed by atoms with E-state index in [1.807, 2.05) is 0 Å². The summed E-state index contributed by atoms with van der Waals surface area (Å²) in [6.07, 6.45) is 1.33. The van der Waals surface area contributed by atoms with Gasteiger partial charge in [-0.2, -0.15) is 5.10 Å². The van der Waals surface area contributed by atoms with Crippen molar-refractivity contribution in [3.63, 3.8) is 0 Å². The zero-order chi connectivity index (χ0) is 12.7. The molecule has 0 fully saturated rings. The highest BCUT2D eigenvalue weighted by Crippen LogP contribution is 2.06. The van der Waals surface area contributed by atoms with Crippen molar-refractivity contribution in [2.24, 2.45) is 7.05 Å². The minimum Gasteiger partial charge on any atom is -0.478 e. The van der Waals surface area contributed by atoms with Gasteiger partial charge in [-0.25, -0.2) is 4.79 Å². The highest BCUT2D eigenvalue weighted by atomic mass is 16.5. The van der Waals surface area contributed by atoms with Gasteiger partial charge in [-0.05, 0) is 0 Å². The van der Waals surface area contributed by atoms with Gasteiger partial charge in [-0.1, -0.05) is 0 Å². The molecule has 0 amide bonds. The lowest BCUT2D eigenvalue weighted by Gasteiger charge is -2.06. The van der Waals surface area contributed by atoms with Crippen LogP contribution in [0, 0.1) is 0 Å². The lowest BCUT2D eigenvalue weighted by Crippen LogP contribution is -2.22. The Labute approximate surface area is 99.0 Å². The third-order valence-corrected chi connectivity index (χ3v) is 2.24. The van der Waals surface area contributed by atoms with Crippen LogP contribution in [0.15, 0.2) is 6.20 Å². The van der Waals surface area contributed by atoms with E-state index in [4.69, 9.17) is 14.9 Å². The van der Waals surface area contributed by atoms with E-state index in [1.54, 1.807) is 7.05 Å². The van der Waals surface area contributed by atoms with Crippen LogP contribution < -0.4 is 5.32 Å². The van der Waals surface area contributed by atoms with Gasteiger partial charge in [0.25, 0.3) is 0 Å². The number of aliphatic hydroxyl groups is 1. The van der Waals surface area contributed by atoms with Crippen LogP contribution in [0.5, 0.6) is 0 Å². The Morgan fingerprint density at radius 3 is 3.00 bits per heavy atom. The standard InChI is InChI=1S/C10H17N3O4/c1-13-9(8(6-12-13)10(15)16)7-11-2-4-17-5-3-14/h6,11,14H,2-5,7H2,1H3,(H,15,16). The summed E-state index contributed by atoms with van der Waals surface area (Å²) in [5.41, 5.74) is 0.830. The average molecular weight is 243 g/mol. The molecule has 7 nitrogen and oxygen atoms in total. The van der Waals surface area contributed by atoms with E-state index >= 15 is 0 Å². The van der Waals surface area contributed by atoms with Gasteiger partial charge in [0.15, 0.2) is 0 Å². The SMILES string of the molecule is Cn1ncc(C(=O)O)c1CNCCOCCO. The number of rotatable bonds is 8. The van der Waals surface area contributed by atoms with Gasteiger partial charge in [-0.3, -0.25) is 4.68 Å². The number of carboxylic acid groups (broad SMARTS) is 1. The van der Waals surface area contributed by atoms with E-state index in [-0.39, 0.29) is 12.2 Å². The maximum absolute atomic E-state index is 10.9. The number of nitrogens with zero attached hydrogens (tertiary/aromatic N) is 2. The van der Waals surface area contributed by atoms with E-state index in [0.717, 1.165) is 0 Å². The van der Waals surface area contributed by atoms with Crippen LogP contribution >= 0.6 is 0 Å². The van der Waals surface area contributed by atoms with Gasteiger partial charge in [0.1, 0.15) is 5.56 Å². The van der Waals surface area contributed by atoms with E-state index in [0.29, 0.717) is 32.0 Å². The molecule has 96 valence electrons. The minimum absolute atomic E-state index is 0.00485. The smallest absolute Gasteiger partial charge is 0.339 e. The maximum atomic E-state index is 10.9. The van der Waals surface area contributed by atoms with Crippen molar-refractivity contribution in [2.45, 2.75) is 6.54 Å². The minimum atomic E-state index is -0.980. The van der Waals surface area contributed by atoms with E-state index in [9.17, 15) is 4.79 Å². The van der Waals surface area contributed by atoms with Crippen LogP contribution in [0.1, 0.15) is 16.1 Å². The van der Waals surface area contributed by atoms with Gasteiger partial charge in [0.05, 0.1) is 31.7 Å². The summed E-state index contributed by atoms with van der Waals surface area (Å²) in [6.45, 7) is 1.80. The molecule has 0 saturated heterocycles. The number of nitrogens with one attached hydrogen (secondary N) is 1. The molecule has 1 rings (SSSR count). The Balaban J connectivity index is 2.36. The molecule has 0 aliphatic rings. The molecule has 0 saturated carbocycles. The molecule has 1 aromatic heterocycles. The number of aryl methyl sites for hydroxylation is 1. The molecule has 0 unspecified atom stereocenters. The molecule has 0 aromatic carbocycles. The molecule has 1 heterocycles. The zero-order valence-corrected chi connectivity index (χ0v) is 9.72. The lowest BCUT2D eigenvalue weighted by molar-refractivity contribution is 0.0695. The monoisotopic (exact) mass is 243 g/mol. The number of aliphatic hydroxyl groups excluding tert-OH is 1. The second kappa shape index (κ2) is 7.00. The molecule has 0 aliphatic heterocycles. The number of aromatic carboxylic acids is 1. The molecule has 3 N–H and O–H groups in total. The Morgan fingerprint density at radius 1 is 1.59 bits per heavy atom. The molecule has 17 heavy (non-hydrogen) atoms. The predicted molar refractivity (Wildman–Crippen MR) is 59.8 cm³/mol. The maximum Gasteiger partial charge on any atom is 0.339 e. The summed E-state index contributed by atoms with van der Waals surface area (Å²) >= 11 is 0. The Bertz CT molecular complexity index is 364. The average Bonchev–Trinajstić information content (AvgIpc) is 2.65. The topological polar surface area (TPSA) is 96.6 Å². The van der Waals surface area contributed by atoms with Crippen molar-refractivity contribution >= 4 is 5.97 Å². The van der Waals surface area contributed by atoms with Crippen LogP contribution in [0.2, 0.25) is 0 Å². The van der Waals surface area contributed by atoms with Gasteiger partial charge >= 0.3 is 5.97 Å². The molecule has 0 atom stereocenters. The summed E-state index contributed by atoms with van der Waals surface area (Å²) in [4.78, 5) is 10.9. The largest absolute Gasteiger partial charge is 0.478 e. The number of ether oxygens (including phenoxy) is 1. The number of hydrogen-bond acceptors (Lipinski definition) is 5. The van der Waals surface area contributed by atoms with Crippen LogP contribution in [0.4, 0.5) is 0 Å². The van der Waals surface area contributed by atoms with Crippen LogP contribution in [-0.2, 0) is 18.3 Å². The number of carboxylic acids is 1. The molecule has 0 radical (unpaired) electrons. The van der Waals surface area contributed by atoms with Gasteiger partial charge in [0.2, 0.25) is 0 Å². The molecular formula is C10H17N3O4. The van der Waals surface area contributed by atoms with Crippen LogP contribution in [0.25, 0.3) is 0 Å². The molecule has 0 aliphatic carbocycles. The summed E-state index contributed by atoms with van der Waals surface area (Å²) < 4.78 is 6.59. The fourth-order valence-corrected chi connectivity index (χ4v) is 1.37. The van der Waals surface area contributed by atoms with Gasteiger partial charge < -0.3 is 20.3 Å². The van der Waals surface area contributed by atoms with Crippen LogP contribution in [0.3, 0.4) is 0 Å². The second-order valence-corrected chi connectivity index (χ2v) is 3.45. The van der Waals surface area contributed by atoms with Crippen molar-refractivity contribution in [3.05, 3.63) is 17.5 Å². The number of aromatic nitrogens is 2. The fourth-order valence-electron chi connectivity index (χ4n) is 1.37. The first-order chi connectivity index (χ1) is 8.16. The molecule has 7 heteroatoms. The van der Waals surface area contributed by atoms with Crippen molar-refractivity contribution in [2.75, 3.05) is 26.4 Å². The summed E-state index contributed by atoms with van der Waals surface area (Å²) in [5.74, 6) is -0.980. The Kier molecular flexibility index (Phi) is 5.61. The van der Waals surface area contributed by atoms with E-state index in [2.05, 4.69) is 10.4 Å². The third-order valence-electron chi connectivity index (χ3n) is 2.24. The first-order valence-corrected chi connectivity index (χ1v) is 5.30. The first kappa shape index (κ1) is 13.6. The van der Waals surface area contributed by atoms with E-state index in [1.165, 1.54) is 10.9 Å². The van der Waals surface area contributed by atoms with Gasteiger partial charge in [-0.15, -0.1) is 0 Å². The zero-order valence-electron chi connectivity index (χ0n) is 9.72. The van der Waals surface area contributed by atoms with Gasteiger partial charge in [0, 0.05) is 20.1 Å². The number of hydrogen-bond donors (Lipinski definition) is 3. The fraction of sp³-hybridized carbons (Fsp3) is 0.600. The highest BCUT2D eigenvalue weighted by molar-refractivity contribution is 5.88. The summed E-state index contributed by atoms with van der Waals surface area (Å²) in [6, 6.07) is 0. The highest BCUT2D eigenvalue weighted by Gasteiger charge is 2.13. The van der Waals surface area contributed by atoms with Crippen molar-refractivity contribution in [1.82, 2.24) is 15.1 Å². The van der Waals surface area contributed by atoms with E-state index < -0.39 is 5.97 Å². The molecular weight excluding hydrogens is 226 g/mol. The number of carbonyl (C=O) groups is 1. The van der Waals surface area contributed by atoms with Crippen molar-refractivity contribution in [3.8, 4) is 0 Å². The van der Waals surface area contributed by atoms with Crippen molar-refractivity contribution < 1.29 is 19.7 Å². The lowest BCUT2D eigenvalue weighted by atomic mass is 10.2. The molecule has 1 aromatic rings. The summed E-state index contributed by atoms with van der Waals surface area (Å²) in [5, 5.41) is 24.4. The van der Waals surface area contributed by atoms with Crippen molar-refractivity contribution in [1.29, 1.82) is 0 Å². The molecule has 0 spiro atoms. The first-order valence-electron chi connectivity index (χ1n) is 5.30. The van der Waals surface area contributed by atoms with Crippen LogP contribution in [-0.4, -0.2) is 52.3 Å². The predicted octanol–water partition coefficient (Wildman–Crippen LogP) is -0.783.